The van der Waals surface area contributed by atoms with Crippen molar-refractivity contribution >= 4 is 11.6 Å². The molecule has 2 heterocycles. The molecule has 0 fully saturated rings. The predicted molar refractivity (Wildman–Crippen MR) is 125 cm³/mol. The van der Waals surface area contributed by atoms with Crippen LogP contribution in [0.2, 0.25) is 0 Å². The largest absolute Gasteiger partial charge is 0.494 e. The van der Waals surface area contributed by atoms with Crippen LogP contribution >= 0.6 is 0 Å². The molecule has 0 radical (unpaired) electrons. The second-order valence-electron chi connectivity index (χ2n) is 8.16. The highest BCUT2D eigenvalue weighted by atomic mass is 16.5. The van der Waals surface area contributed by atoms with Crippen molar-refractivity contribution in [3.63, 3.8) is 0 Å². The smallest absolute Gasteiger partial charge is 0.227 e. The molecule has 1 amide bonds. The van der Waals surface area contributed by atoms with Gasteiger partial charge in [-0.1, -0.05) is 20.8 Å². The fraction of sp³-hybridized carbons (Fsp3) is 0.480. The highest BCUT2D eigenvalue weighted by molar-refractivity contribution is 5.84. The molecular formula is C25H34N4O2. The molecule has 1 aromatic carbocycles. The number of rotatable bonds is 9. The van der Waals surface area contributed by atoms with Crippen LogP contribution in [-0.4, -0.2) is 45.1 Å². The van der Waals surface area contributed by atoms with E-state index in [-0.39, 0.29) is 18.2 Å². The van der Waals surface area contributed by atoms with E-state index in [1.54, 1.807) is 0 Å². The molecular weight excluding hydrogens is 388 g/mol. The zero-order valence-electron chi connectivity index (χ0n) is 19.6. The summed E-state index contributed by atoms with van der Waals surface area (Å²) in [5.41, 5.74) is 5.44. The van der Waals surface area contributed by atoms with Gasteiger partial charge in [-0.25, -0.2) is 9.50 Å². The Balaban J connectivity index is 2.14. The van der Waals surface area contributed by atoms with E-state index in [2.05, 4.69) is 26.8 Å². The van der Waals surface area contributed by atoms with Crippen molar-refractivity contribution in [2.24, 2.45) is 0 Å². The summed E-state index contributed by atoms with van der Waals surface area (Å²) in [5.74, 6) is 1.22. The number of aromatic nitrogens is 3. The van der Waals surface area contributed by atoms with Crippen LogP contribution in [0.4, 0.5) is 0 Å². The van der Waals surface area contributed by atoms with Gasteiger partial charge < -0.3 is 9.64 Å². The lowest BCUT2D eigenvalue weighted by Crippen LogP contribution is -2.31. The van der Waals surface area contributed by atoms with E-state index in [9.17, 15) is 4.79 Å². The van der Waals surface area contributed by atoms with Gasteiger partial charge in [-0.05, 0) is 63.4 Å². The standard InChI is InChI=1S/C25H34N4O2/c1-7-14-31-20-12-10-19(11-13-20)24-21(16-23(30)28(8-2)9-3)25-26-18(6)15-22(17(4)5)29(25)27-24/h10-13,15,17H,7-9,14,16H2,1-6H3. The molecule has 31 heavy (non-hydrogen) atoms. The Morgan fingerprint density at radius 3 is 2.39 bits per heavy atom. The third kappa shape index (κ3) is 4.89. The Labute approximate surface area is 185 Å². The highest BCUT2D eigenvalue weighted by Crippen LogP contribution is 2.30. The summed E-state index contributed by atoms with van der Waals surface area (Å²) < 4.78 is 7.64. The van der Waals surface area contributed by atoms with Crippen LogP contribution in [0.1, 0.15) is 63.9 Å². The van der Waals surface area contributed by atoms with E-state index in [4.69, 9.17) is 14.8 Å². The number of nitrogens with zero attached hydrogens (tertiary/aromatic N) is 4. The maximum atomic E-state index is 13.0. The first kappa shape index (κ1) is 22.8. The second kappa shape index (κ2) is 9.94. The van der Waals surface area contributed by atoms with Crippen LogP contribution in [-0.2, 0) is 11.2 Å². The molecule has 0 aliphatic rings. The molecule has 3 aromatic rings. The Bertz CT molecular complexity index is 1030. The van der Waals surface area contributed by atoms with Crippen molar-refractivity contribution in [1.82, 2.24) is 19.5 Å². The van der Waals surface area contributed by atoms with Gasteiger partial charge in [-0.15, -0.1) is 0 Å². The zero-order chi connectivity index (χ0) is 22.5. The van der Waals surface area contributed by atoms with Gasteiger partial charge in [-0.3, -0.25) is 4.79 Å². The molecule has 0 saturated carbocycles. The number of likely N-dealkylation sites (N-methyl/N-ethyl adjacent to an activating group) is 1. The van der Waals surface area contributed by atoms with Gasteiger partial charge in [0, 0.05) is 35.6 Å². The molecule has 0 unspecified atom stereocenters. The monoisotopic (exact) mass is 422 g/mol. The number of fused-ring (bicyclic) bond motifs is 1. The number of carbonyl (C=O) groups excluding carboxylic acids is 1. The van der Waals surface area contributed by atoms with Crippen LogP contribution < -0.4 is 4.74 Å². The number of ether oxygens (including phenoxy) is 1. The molecule has 0 N–H and O–H groups in total. The third-order valence-electron chi connectivity index (χ3n) is 5.48. The van der Waals surface area contributed by atoms with E-state index >= 15 is 0 Å². The second-order valence-corrected chi connectivity index (χ2v) is 8.16. The first-order valence-corrected chi connectivity index (χ1v) is 11.3. The first-order valence-electron chi connectivity index (χ1n) is 11.3. The summed E-state index contributed by atoms with van der Waals surface area (Å²) in [4.78, 5) is 19.7. The average Bonchev–Trinajstić information content (AvgIpc) is 3.10. The van der Waals surface area contributed by atoms with Crippen molar-refractivity contribution in [3.8, 4) is 17.0 Å². The predicted octanol–water partition coefficient (Wildman–Crippen LogP) is 5.03. The molecule has 0 atom stereocenters. The molecule has 0 bridgehead atoms. The minimum absolute atomic E-state index is 0.0958. The topological polar surface area (TPSA) is 59.7 Å². The first-order chi connectivity index (χ1) is 14.9. The molecule has 0 aliphatic carbocycles. The summed E-state index contributed by atoms with van der Waals surface area (Å²) in [6, 6.07) is 10.0. The molecule has 3 rings (SSSR count). The van der Waals surface area contributed by atoms with Crippen molar-refractivity contribution in [2.45, 2.75) is 60.3 Å². The van der Waals surface area contributed by atoms with Gasteiger partial charge in [-0.2, -0.15) is 5.10 Å². The fourth-order valence-corrected chi connectivity index (χ4v) is 3.79. The fourth-order valence-electron chi connectivity index (χ4n) is 3.79. The van der Waals surface area contributed by atoms with Crippen molar-refractivity contribution in [1.29, 1.82) is 0 Å². The van der Waals surface area contributed by atoms with Crippen LogP contribution in [0, 0.1) is 6.92 Å². The van der Waals surface area contributed by atoms with E-state index in [1.165, 1.54) is 0 Å². The van der Waals surface area contributed by atoms with Crippen LogP contribution in [0.15, 0.2) is 30.3 Å². The SMILES string of the molecule is CCCOc1ccc(-c2nn3c(C(C)C)cc(C)nc3c2CC(=O)N(CC)CC)cc1. The van der Waals surface area contributed by atoms with E-state index in [0.717, 1.165) is 46.0 Å². The Morgan fingerprint density at radius 2 is 1.81 bits per heavy atom. The lowest BCUT2D eigenvalue weighted by Gasteiger charge is -2.18. The lowest BCUT2D eigenvalue weighted by atomic mass is 10.0. The zero-order valence-corrected chi connectivity index (χ0v) is 19.6. The summed E-state index contributed by atoms with van der Waals surface area (Å²) in [6.45, 7) is 14.5. The molecule has 166 valence electrons. The van der Waals surface area contributed by atoms with Gasteiger partial charge in [0.1, 0.15) is 5.75 Å². The normalized spacial score (nSPS) is 11.3. The molecule has 6 nitrogen and oxygen atoms in total. The molecule has 0 aliphatic heterocycles. The Kier molecular flexibility index (Phi) is 7.31. The number of carbonyl (C=O) groups is 1. The molecule has 0 saturated heterocycles. The summed E-state index contributed by atoms with van der Waals surface area (Å²) in [7, 11) is 0. The number of hydrogen-bond donors (Lipinski definition) is 0. The van der Waals surface area contributed by atoms with Gasteiger partial charge in [0.25, 0.3) is 0 Å². The summed E-state index contributed by atoms with van der Waals surface area (Å²) >= 11 is 0. The maximum Gasteiger partial charge on any atom is 0.227 e. The maximum absolute atomic E-state index is 13.0. The minimum atomic E-state index is 0.0958. The van der Waals surface area contributed by atoms with E-state index in [0.29, 0.717) is 19.7 Å². The van der Waals surface area contributed by atoms with E-state index < -0.39 is 0 Å². The number of amides is 1. The van der Waals surface area contributed by atoms with Gasteiger partial charge >= 0.3 is 0 Å². The molecule has 6 heteroatoms. The Hall–Kier alpha value is -2.89. The third-order valence-corrected chi connectivity index (χ3v) is 5.48. The summed E-state index contributed by atoms with van der Waals surface area (Å²) in [5, 5.41) is 4.94. The van der Waals surface area contributed by atoms with Crippen molar-refractivity contribution in [2.75, 3.05) is 19.7 Å². The van der Waals surface area contributed by atoms with Gasteiger partial charge in [0.15, 0.2) is 5.65 Å². The Morgan fingerprint density at radius 1 is 1.13 bits per heavy atom. The van der Waals surface area contributed by atoms with Crippen LogP contribution in [0.5, 0.6) is 5.75 Å². The van der Waals surface area contributed by atoms with Gasteiger partial charge in [0.2, 0.25) is 5.91 Å². The average molecular weight is 423 g/mol. The number of hydrogen-bond acceptors (Lipinski definition) is 4. The van der Waals surface area contributed by atoms with Gasteiger partial charge in [0.05, 0.1) is 18.7 Å². The minimum Gasteiger partial charge on any atom is -0.494 e. The summed E-state index contributed by atoms with van der Waals surface area (Å²) in [6.07, 6.45) is 1.25. The molecule has 2 aromatic heterocycles. The van der Waals surface area contributed by atoms with Crippen LogP contribution in [0.25, 0.3) is 16.9 Å². The van der Waals surface area contributed by atoms with E-state index in [1.807, 2.05) is 54.5 Å². The lowest BCUT2D eigenvalue weighted by molar-refractivity contribution is -0.130. The number of aryl methyl sites for hydroxylation is 1. The quantitative estimate of drug-likeness (QED) is 0.485. The van der Waals surface area contributed by atoms with Crippen molar-refractivity contribution < 1.29 is 9.53 Å². The van der Waals surface area contributed by atoms with Crippen LogP contribution in [0.3, 0.4) is 0 Å². The molecule has 0 spiro atoms. The van der Waals surface area contributed by atoms with Crippen molar-refractivity contribution in [3.05, 3.63) is 47.3 Å². The number of benzene rings is 1. The highest BCUT2D eigenvalue weighted by Gasteiger charge is 2.23.